The van der Waals surface area contributed by atoms with Crippen molar-refractivity contribution < 1.29 is 13.2 Å². The highest BCUT2D eigenvalue weighted by Gasteiger charge is 2.22. The van der Waals surface area contributed by atoms with Gasteiger partial charge >= 0.3 is 0 Å². The molecular weight excluding hydrogens is 286 g/mol. The summed E-state index contributed by atoms with van der Waals surface area (Å²) in [6, 6.07) is 11.9. The second-order valence-electron chi connectivity index (χ2n) is 5.04. The smallest absolute Gasteiger partial charge is 0.208 e. The third-order valence-electron chi connectivity index (χ3n) is 3.26. The Bertz CT molecular complexity index is 735. The van der Waals surface area contributed by atoms with Crippen molar-refractivity contribution in [2.24, 2.45) is 0 Å². The third-order valence-corrected chi connectivity index (χ3v) is 5.06. The van der Waals surface area contributed by atoms with Gasteiger partial charge in [0.2, 0.25) is 9.84 Å². The van der Waals surface area contributed by atoms with Crippen LogP contribution >= 0.6 is 0 Å². The Labute approximate surface area is 125 Å². The van der Waals surface area contributed by atoms with Crippen LogP contribution in [0.15, 0.2) is 52.3 Å². The predicted octanol–water partition coefficient (Wildman–Crippen LogP) is 2.90. The second kappa shape index (κ2) is 5.77. The van der Waals surface area contributed by atoms with Crippen molar-refractivity contribution in [1.82, 2.24) is 0 Å². The van der Waals surface area contributed by atoms with E-state index < -0.39 is 9.84 Å². The van der Waals surface area contributed by atoms with Gasteiger partial charge in [-0.15, -0.1) is 0 Å². The van der Waals surface area contributed by atoms with Crippen molar-refractivity contribution >= 4 is 15.5 Å². The summed E-state index contributed by atoms with van der Waals surface area (Å²) in [7, 11) is 1.65. The molecule has 0 fully saturated rings. The minimum Gasteiger partial charge on any atom is -0.497 e. The lowest BCUT2D eigenvalue weighted by atomic mass is 10.2. The molecule has 0 N–H and O–H groups in total. The van der Waals surface area contributed by atoms with Crippen LogP contribution in [0.3, 0.4) is 0 Å². The Hall–Kier alpha value is -2.01. The molecule has 2 rings (SSSR count). The molecule has 0 saturated carbocycles. The highest BCUT2D eigenvalue weighted by molar-refractivity contribution is 7.91. The van der Waals surface area contributed by atoms with Crippen molar-refractivity contribution in [1.29, 1.82) is 0 Å². The first-order valence-corrected chi connectivity index (χ1v) is 8.01. The monoisotopic (exact) mass is 305 g/mol. The molecule has 0 radical (unpaired) electrons. The number of hydrogen-bond acceptors (Lipinski definition) is 4. The molecule has 0 heterocycles. The maximum atomic E-state index is 12.8. The molecule has 4 nitrogen and oxygen atoms in total. The number of ether oxygens (including phenoxy) is 1. The van der Waals surface area contributed by atoms with Gasteiger partial charge < -0.3 is 9.64 Å². The van der Waals surface area contributed by atoms with Crippen LogP contribution in [0.1, 0.15) is 5.56 Å². The molecule has 0 aliphatic carbocycles. The summed E-state index contributed by atoms with van der Waals surface area (Å²) < 4.78 is 30.8. The van der Waals surface area contributed by atoms with Crippen LogP contribution in [-0.2, 0) is 9.84 Å². The minimum atomic E-state index is -3.56. The third kappa shape index (κ3) is 3.03. The fourth-order valence-corrected chi connectivity index (χ4v) is 3.70. The first-order valence-electron chi connectivity index (χ1n) is 6.53. The van der Waals surface area contributed by atoms with Crippen molar-refractivity contribution in [3.8, 4) is 5.75 Å². The Morgan fingerprint density at radius 1 is 1.00 bits per heavy atom. The van der Waals surface area contributed by atoms with Crippen molar-refractivity contribution in [2.75, 3.05) is 26.1 Å². The highest BCUT2D eigenvalue weighted by atomic mass is 32.2. The van der Waals surface area contributed by atoms with Gasteiger partial charge in [0.05, 0.1) is 22.6 Å². The molecule has 0 atom stereocenters. The lowest BCUT2D eigenvalue weighted by molar-refractivity contribution is 0.414. The van der Waals surface area contributed by atoms with E-state index >= 15 is 0 Å². The van der Waals surface area contributed by atoms with Crippen LogP contribution in [0, 0.1) is 6.92 Å². The van der Waals surface area contributed by atoms with Gasteiger partial charge in [-0.05, 0) is 48.9 Å². The van der Waals surface area contributed by atoms with E-state index in [0.717, 1.165) is 5.56 Å². The van der Waals surface area contributed by atoms with E-state index in [9.17, 15) is 8.42 Å². The first kappa shape index (κ1) is 15.4. The van der Waals surface area contributed by atoms with Gasteiger partial charge in [-0.1, -0.05) is 6.07 Å². The maximum absolute atomic E-state index is 12.8. The zero-order chi connectivity index (χ0) is 15.6. The molecule has 0 aliphatic heterocycles. The van der Waals surface area contributed by atoms with Crippen LogP contribution < -0.4 is 9.64 Å². The topological polar surface area (TPSA) is 46.6 Å². The molecule has 0 amide bonds. The summed E-state index contributed by atoms with van der Waals surface area (Å²) in [6.45, 7) is 1.88. The minimum absolute atomic E-state index is 0.261. The van der Waals surface area contributed by atoms with Crippen LogP contribution in [0.5, 0.6) is 5.75 Å². The zero-order valence-electron chi connectivity index (χ0n) is 12.6. The number of methoxy groups -OCH3 is 1. The number of benzene rings is 2. The van der Waals surface area contributed by atoms with E-state index in [1.165, 1.54) is 0 Å². The Balaban J connectivity index is 2.60. The highest BCUT2D eigenvalue weighted by Crippen LogP contribution is 2.30. The number of nitrogens with zero attached hydrogens (tertiary/aromatic N) is 1. The Kier molecular flexibility index (Phi) is 4.23. The second-order valence-corrected chi connectivity index (χ2v) is 6.96. The molecule has 0 saturated heterocycles. The fraction of sp³-hybridized carbons (Fsp3) is 0.250. The summed E-state index contributed by atoms with van der Waals surface area (Å²) in [4.78, 5) is 2.38. The van der Waals surface area contributed by atoms with Gasteiger partial charge in [-0.2, -0.15) is 0 Å². The van der Waals surface area contributed by atoms with E-state index in [-0.39, 0.29) is 4.90 Å². The molecule has 5 heteroatoms. The zero-order valence-corrected chi connectivity index (χ0v) is 13.4. The molecule has 0 spiro atoms. The van der Waals surface area contributed by atoms with Gasteiger partial charge in [0.15, 0.2) is 0 Å². The quantitative estimate of drug-likeness (QED) is 0.871. The van der Waals surface area contributed by atoms with E-state index in [4.69, 9.17) is 4.74 Å². The Morgan fingerprint density at radius 3 is 2.14 bits per heavy atom. The average Bonchev–Trinajstić information content (AvgIpc) is 2.47. The maximum Gasteiger partial charge on any atom is 0.208 e. The van der Waals surface area contributed by atoms with Crippen LogP contribution in [-0.4, -0.2) is 29.6 Å². The lowest BCUT2D eigenvalue weighted by Crippen LogP contribution is -2.14. The average molecular weight is 305 g/mol. The first-order chi connectivity index (χ1) is 9.86. The summed E-state index contributed by atoms with van der Waals surface area (Å²) in [5.74, 6) is 0.631. The lowest BCUT2D eigenvalue weighted by Gasteiger charge is -2.18. The fourth-order valence-electron chi connectivity index (χ4n) is 2.09. The van der Waals surface area contributed by atoms with Crippen molar-refractivity contribution in [3.05, 3.63) is 48.0 Å². The van der Waals surface area contributed by atoms with Gasteiger partial charge in [-0.3, -0.25) is 0 Å². The van der Waals surface area contributed by atoms with Gasteiger partial charge in [0, 0.05) is 14.1 Å². The molecule has 21 heavy (non-hydrogen) atoms. The van der Waals surface area contributed by atoms with Crippen molar-refractivity contribution in [3.63, 3.8) is 0 Å². The molecular formula is C16H19NO3S. The molecule has 0 aliphatic rings. The van der Waals surface area contributed by atoms with Gasteiger partial charge in [0.25, 0.3) is 0 Å². The molecule has 112 valence electrons. The number of sulfone groups is 1. The summed E-state index contributed by atoms with van der Waals surface area (Å²) in [6.07, 6.45) is 0. The van der Waals surface area contributed by atoms with E-state index in [2.05, 4.69) is 0 Å². The number of aryl methyl sites for hydroxylation is 1. The SMILES string of the molecule is COc1ccc(S(=O)(=O)c2cc(C)ccc2N(C)C)cc1. The van der Waals surface area contributed by atoms with Crippen LogP contribution in [0.4, 0.5) is 5.69 Å². The summed E-state index contributed by atoms with van der Waals surface area (Å²) in [5, 5.41) is 0. The molecule has 2 aromatic rings. The van der Waals surface area contributed by atoms with Crippen molar-refractivity contribution in [2.45, 2.75) is 16.7 Å². The van der Waals surface area contributed by atoms with E-state index in [1.807, 2.05) is 33.2 Å². The summed E-state index contributed by atoms with van der Waals surface area (Å²) >= 11 is 0. The predicted molar refractivity (Wildman–Crippen MR) is 84.0 cm³/mol. The largest absolute Gasteiger partial charge is 0.497 e. The molecule has 0 unspecified atom stereocenters. The Morgan fingerprint density at radius 2 is 1.62 bits per heavy atom. The number of anilines is 1. The number of hydrogen-bond donors (Lipinski definition) is 0. The molecule has 0 bridgehead atoms. The van der Waals surface area contributed by atoms with E-state index in [1.54, 1.807) is 42.3 Å². The van der Waals surface area contributed by atoms with E-state index in [0.29, 0.717) is 16.3 Å². The standard InChI is InChI=1S/C16H19NO3S/c1-12-5-10-15(17(2)3)16(11-12)21(18,19)14-8-6-13(20-4)7-9-14/h5-11H,1-4H3. The normalized spacial score (nSPS) is 11.2. The number of rotatable bonds is 4. The van der Waals surface area contributed by atoms with Gasteiger partial charge in [0.1, 0.15) is 5.75 Å². The molecule has 0 aromatic heterocycles. The van der Waals surface area contributed by atoms with Crippen LogP contribution in [0.25, 0.3) is 0 Å². The molecule has 2 aromatic carbocycles. The summed E-state index contributed by atoms with van der Waals surface area (Å²) in [5.41, 5.74) is 1.59. The van der Waals surface area contributed by atoms with Crippen LogP contribution in [0.2, 0.25) is 0 Å². The van der Waals surface area contributed by atoms with Gasteiger partial charge in [-0.25, -0.2) is 8.42 Å².